The van der Waals surface area contributed by atoms with Gasteiger partial charge in [-0.05, 0) is 6.42 Å². The highest BCUT2D eigenvalue weighted by atomic mass is 16.5. The molecule has 15 heavy (non-hydrogen) atoms. The minimum atomic E-state index is -0.816. The van der Waals surface area contributed by atoms with E-state index in [0.717, 1.165) is 18.7 Å². The molecule has 0 atom stereocenters. The third-order valence-electron chi connectivity index (χ3n) is 1.92. The van der Waals surface area contributed by atoms with Crippen LogP contribution in [0, 0.1) is 0 Å². The molecule has 1 N–H and O–H groups in total. The summed E-state index contributed by atoms with van der Waals surface area (Å²) in [6.45, 7) is 1.43. The first-order valence-corrected chi connectivity index (χ1v) is 4.82. The van der Waals surface area contributed by atoms with Gasteiger partial charge >= 0.3 is 5.97 Å². The van der Waals surface area contributed by atoms with Gasteiger partial charge in [0.2, 0.25) is 0 Å². The van der Waals surface area contributed by atoms with Crippen LogP contribution in [0.15, 0.2) is 6.20 Å². The minimum Gasteiger partial charge on any atom is -0.481 e. The molecule has 0 aliphatic rings. The molecule has 0 bridgehead atoms. The molecule has 0 radical (unpaired) electrons. The molecule has 6 nitrogen and oxygen atoms in total. The highest BCUT2D eigenvalue weighted by molar-refractivity contribution is 5.66. The van der Waals surface area contributed by atoms with E-state index in [2.05, 4.69) is 10.3 Å². The van der Waals surface area contributed by atoms with Gasteiger partial charge in [-0.3, -0.25) is 9.48 Å². The zero-order chi connectivity index (χ0) is 11.1. The van der Waals surface area contributed by atoms with Crippen LogP contribution in [0.2, 0.25) is 0 Å². The molecule has 0 saturated carbocycles. The van der Waals surface area contributed by atoms with Crippen molar-refractivity contribution in [2.45, 2.75) is 25.8 Å². The molecular formula is C9H15N3O3. The zero-order valence-electron chi connectivity index (χ0n) is 8.72. The number of hydrogen-bond donors (Lipinski definition) is 1. The van der Waals surface area contributed by atoms with E-state index in [1.54, 1.807) is 18.0 Å². The highest BCUT2D eigenvalue weighted by Crippen LogP contribution is 1.99. The van der Waals surface area contributed by atoms with Gasteiger partial charge in [0, 0.05) is 32.9 Å². The number of aromatic nitrogens is 3. The topological polar surface area (TPSA) is 77.2 Å². The molecule has 84 valence electrons. The summed E-state index contributed by atoms with van der Waals surface area (Å²) in [5.74, 6) is -0.816. The predicted octanol–water partition coefficient (Wildman–Crippen LogP) is 0.332. The van der Waals surface area contributed by atoms with Crippen molar-refractivity contribution in [2.24, 2.45) is 0 Å². The van der Waals surface area contributed by atoms with E-state index in [0.29, 0.717) is 13.0 Å². The first-order valence-electron chi connectivity index (χ1n) is 4.82. The Hall–Kier alpha value is -1.43. The van der Waals surface area contributed by atoms with Crippen molar-refractivity contribution in [1.82, 2.24) is 15.0 Å². The Kier molecular flexibility index (Phi) is 4.76. The van der Waals surface area contributed by atoms with Crippen molar-refractivity contribution >= 4 is 5.97 Å². The number of aryl methyl sites for hydroxylation is 2. The Bertz CT molecular complexity index is 311. The molecule has 0 saturated heterocycles. The summed E-state index contributed by atoms with van der Waals surface area (Å²) in [7, 11) is 1.65. The number of ether oxygens (including phenoxy) is 1. The molecule has 0 fully saturated rings. The largest absolute Gasteiger partial charge is 0.481 e. The molecule has 0 aliphatic heterocycles. The number of aliphatic carboxylic acids is 1. The van der Waals surface area contributed by atoms with E-state index in [1.807, 2.05) is 0 Å². The monoisotopic (exact) mass is 213 g/mol. The van der Waals surface area contributed by atoms with Crippen molar-refractivity contribution in [2.75, 3.05) is 13.7 Å². The summed E-state index contributed by atoms with van der Waals surface area (Å²) < 4.78 is 6.61. The molecule has 0 aromatic carbocycles. The molecule has 1 heterocycles. The van der Waals surface area contributed by atoms with Crippen molar-refractivity contribution in [3.8, 4) is 0 Å². The molecule has 1 rings (SSSR count). The second kappa shape index (κ2) is 6.13. The van der Waals surface area contributed by atoms with E-state index >= 15 is 0 Å². The van der Waals surface area contributed by atoms with Gasteiger partial charge in [0.05, 0.1) is 12.1 Å². The fourth-order valence-electron chi connectivity index (χ4n) is 1.17. The SMILES string of the molecule is COCCCn1cc(CCC(=O)O)nn1. The van der Waals surface area contributed by atoms with Gasteiger partial charge < -0.3 is 9.84 Å². The van der Waals surface area contributed by atoms with Crippen molar-refractivity contribution in [3.05, 3.63) is 11.9 Å². The van der Waals surface area contributed by atoms with Crippen molar-refractivity contribution in [1.29, 1.82) is 0 Å². The lowest BCUT2D eigenvalue weighted by molar-refractivity contribution is -0.136. The number of carbonyl (C=O) groups is 1. The maximum Gasteiger partial charge on any atom is 0.303 e. The molecule has 0 spiro atoms. The van der Waals surface area contributed by atoms with E-state index in [1.165, 1.54) is 0 Å². The molecule has 0 unspecified atom stereocenters. The standard InChI is InChI=1S/C9H15N3O3/c1-15-6-2-5-12-7-8(10-11-12)3-4-9(13)14/h7H,2-6H2,1H3,(H,13,14). The van der Waals surface area contributed by atoms with E-state index < -0.39 is 5.97 Å². The number of hydrogen-bond acceptors (Lipinski definition) is 4. The van der Waals surface area contributed by atoms with Crippen LogP contribution in [0.1, 0.15) is 18.5 Å². The summed E-state index contributed by atoms with van der Waals surface area (Å²) in [4.78, 5) is 10.3. The molecular weight excluding hydrogens is 198 g/mol. The second-order valence-corrected chi connectivity index (χ2v) is 3.21. The van der Waals surface area contributed by atoms with Gasteiger partial charge in [-0.1, -0.05) is 5.21 Å². The Morgan fingerprint density at radius 1 is 1.67 bits per heavy atom. The van der Waals surface area contributed by atoms with Crippen molar-refractivity contribution < 1.29 is 14.6 Å². The molecule has 1 aromatic rings. The number of carboxylic acids is 1. The summed E-state index contributed by atoms with van der Waals surface area (Å²) in [5, 5.41) is 16.2. The van der Waals surface area contributed by atoms with Gasteiger partial charge in [0.15, 0.2) is 0 Å². The number of carboxylic acid groups (broad SMARTS) is 1. The number of nitrogens with zero attached hydrogens (tertiary/aromatic N) is 3. The summed E-state index contributed by atoms with van der Waals surface area (Å²) >= 11 is 0. The molecule has 6 heteroatoms. The van der Waals surface area contributed by atoms with E-state index in [-0.39, 0.29) is 6.42 Å². The Morgan fingerprint density at radius 2 is 2.47 bits per heavy atom. The van der Waals surface area contributed by atoms with Gasteiger partial charge in [-0.25, -0.2) is 0 Å². The molecule has 0 amide bonds. The fourth-order valence-corrected chi connectivity index (χ4v) is 1.17. The Balaban J connectivity index is 2.32. The van der Waals surface area contributed by atoms with Crippen LogP contribution >= 0.6 is 0 Å². The van der Waals surface area contributed by atoms with Gasteiger partial charge in [0.1, 0.15) is 0 Å². The number of rotatable bonds is 7. The molecule has 1 aromatic heterocycles. The first kappa shape index (κ1) is 11.6. The summed E-state index contributed by atoms with van der Waals surface area (Å²) in [6, 6.07) is 0. The number of methoxy groups -OCH3 is 1. The summed E-state index contributed by atoms with van der Waals surface area (Å²) in [6.07, 6.45) is 3.17. The average molecular weight is 213 g/mol. The first-order chi connectivity index (χ1) is 7.22. The quantitative estimate of drug-likeness (QED) is 0.660. The van der Waals surface area contributed by atoms with Crippen LogP contribution in [0.5, 0.6) is 0 Å². The van der Waals surface area contributed by atoms with Crippen LogP contribution < -0.4 is 0 Å². The normalized spacial score (nSPS) is 10.5. The maximum atomic E-state index is 10.3. The van der Waals surface area contributed by atoms with Crippen LogP contribution in [-0.4, -0.2) is 39.8 Å². The van der Waals surface area contributed by atoms with Crippen LogP contribution in [0.3, 0.4) is 0 Å². The lowest BCUT2D eigenvalue weighted by Crippen LogP contribution is -2.01. The third-order valence-corrected chi connectivity index (χ3v) is 1.92. The third kappa shape index (κ3) is 4.55. The van der Waals surface area contributed by atoms with E-state index in [9.17, 15) is 4.79 Å². The van der Waals surface area contributed by atoms with Crippen LogP contribution in [0.4, 0.5) is 0 Å². The maximum absolute atomic E-state index is 10.3. The minimum absolute atomic E-state index is 0.0940. The zero-order valence-corrected chi connectivity index (χ0v) is 8.72. The highest BCUT2D eigenvalue weighted by Gasteiger charge is 2.03. The van der Waals surface area contributed by atoms with Gasteiger partial charge in [-0.2, -0.15) is 0 Å². The predicted molar refractivity (Wildman–Crippen MR) is 52.5 cm³/mol. The Labute approximate surface area is 87.9 Å². The van der Waals surface area contributed by atoms with E-state index in [4.69, 9.17) is 9.84 Å². The lowest BCUT2D eigenvalue weighted by Gasteiger charge is -1.98. The Morgan fingerprint density at radius 3 is 3.13 bits per heavy atom. The fraction of sp³-hybridized carbons (Fsp3) is 0.667. The van der Waals surface area contributed by atoms with Gasteiger partial charge in [-0.15, -0.1) is 5.10 Å². The van der Waals surface area contributed by atoms with Gasteiger partial charge in [0.25, 0.3) is 0 Å². The summed E-state index contributed by atoms with van der Waals surface area (Å²) in [5.41, 5.74) is 0.717. The van der Waals surface area contributed by atoms with Crippen molar-refractivity contribution in [3.63, 3.8) is 0 Å². The average Bonchev–Trinajstić information content (AvgIpc) is 2.63. The molecule has 0 aliphatic carbocycles. The second-order valence-electron chi connectivity index (χ2n) is 3.21. The smallest absolute Gasteiger partial charge is 0.303 e. The van der Waals surface area contributed by atoms with Crippen LogP contribution in [-0.2, 0) is 22.5 Å². The lowest BCUT2D eigenvalue weighted by atomic mass is 10.2. The van der Waals surface area contributed by atoms with Crippen LogP contribution in [0.25, 0.3) is 0 Å².